The Hall–Kier alpha value is -1.67. The highest BCUT2D eigenvalue weighted by Crippen LogP contribution is 2.18. The number of unbranched alkanes of at least 4 members (excludes halogenated alkanes) is 39. The number of rotatable bonds is 53. The number of likely N-dealkylation sites (N-methyl/N-ethyl adjacent to an activating group) is 1. The van der Waals surface area contributed by atoms with Gasteiger partial charge in [0.1, 0.15) is 6.61 Å². The number of carbonyl (C=O) groups excluding carboxylic acids is 2. The van der Waals surface area contributed by atoms with Gasteiger partial charge in [0.15, 0.2) is 12.1 Å². The normalized spacial score (nSPS) is 12.7. The van der Waals surface area contributed by atoms with Crippen LogP contribution < -0.4 is 0 Å². The molecule has 8 heteroatoms. The highest BCUT2D eigenvalue weighted by molar-refractivity contribution is 5.72. The van der Waals surface area contributed by atoms with Crippen molar-refractivity contribution in [3.8, 4) is 0 Å². The summed E-state index contributed by atoms with van der Waals surface area (Å²) in [5.74, 6) is -1.43. The molecule has 0 saturated carbocycles. The molecule has 0 aliphatic rings. The summed E-state index contributed by atoms with van der Waals surface area (Å²) in [6.45, 7) is 4.82. The van der Waals surface area contributed by atoms with Crippen LogP contribution in [0.2, 0.25) is 0 Å². The summed E-state index contributed by atoms with van der Waals surface area (Å²) in [5.41, 5.74) is 0. The lowest BCUT2D eigenvalue weighted by Gasteiger charge is -2.31. The van der Waals surface area contributed by atoms with E-state index in [9.17, 15) is 19.5 Å². The molecule has 2 atom stereocenters. The Morgan fingerprint density at radius 1 is 0.400 bits per heavy atom. The molecule has 0 aromatic carbocycles. The van der Waals surface area contributed by atoms with Crippen molar-refractivity contribution in [2.75, 3.05) is 41.0 Å². The molecule has 0 heterocycles. The number of carbonyl (C=O) groups is 3. The molecule has 2 unspecified atom stereocenters. The number of hydrogen-bond acceptors (Lipinski definition) is 6. The van der Waals surface area contributed by atoms with Crippen molar-refractivity contribution < 1.29 is 38.2 Å². The fraction of sp³-hybridized carbons (Fsp3) is 0.947. The van der Waals surface area contributed by atoms with E-state index < -0.39 is 18.1 Å². The molecule has 0 bridgehead atoms. The average Bonchev–Trinajstić information content (AvgIpc) is 3.27. The molecular formula is C57H112NO7+. The van der Waals surface area contributed by atoms with E-state index in [0.29, 0.717) is 19.3 Å². The smallest absolute Gasteiger partial charge is 0.362 e. The molecule has 0 aromatic heterocycles. The quantitative estimate of drug-likeness (QED) is 0.0368. The second kappa shape index (κ2) is 48.8. The highest BCUT2D eigenvalue weighted by atomic mass is 16.6. The molecule has 0 spiro atoms. The Balaban J connectivity index is 4.11. The molecule has 386 valence electrons. The van der Waals surface area contributed by atoms with Crippen LogP contribution >= 0.6 is 0 Å². The second-order valence-electron chi connectivity index (χ2n) is 20.9. The van der Waals surface area contributed by atoms with Gasteiger partial charge in [-0.3, -0.25) is 9.59 Å². The Morgan fingerprint density at radius 2 is 0.677 bits per heavy atom. The minimum atomic E-state index is -0.868. The van der Waals surface area contributed by atoms with Gasteiger partial charge in [-0.2, -0.15) is 0 Å². The Kier molecular flexibility index (Phi) is 47.5. The topological polar surface area (TPSA) is 99.1 Å². The summed E-state index contributed by atoms with van der Waals surface area (Å²) in [5, 5.41) is 9.67. The van der Waals surface area contributed by atoms with Gasteiger partial charge in [-0.25, -0.2) is 4.79 Å². The summed E-state index contributed by atoms with van der Waals surface area (Å²) in [6, 6.07) is -0.609. The minimum absolute atomic E-state index is 0.0409. The van der Waals surface area contributed by atoms with E-state index in [0.717, 1.165) is 38.5 Å². The number of ether oxygens (including phenoxy) is 3. The molecule has 0 amide bonds. The first-order valence-electron chi connectivity index (χ1n) is 28.6. The molecule has 0 saturated heterocycles. The van der Waals surface area contributed by atoms with Gasteiger partial charge in [-0.1, -0.05) is 264 Å². The number of quaternary nitrogens is 1. The van der Waals surface area contributed by atoms with Crippen LogP contribution in [0, 0.1) is 0 Å². The molecule has 0 fully saturated rings. The molecular weight excluding hydrogens is 811 g/mol. The Labute approximate surface area is 404 Å². The number of carboxylic acid groups (broad SMARTS) is 1. The number of aliphatic carboxylic acids is 1. The lowest BCUT2D eigenvalue weighted by Crippen LogP contribution is -2.50. The van der Waals surface area contributed by atoms with E-state index in [1.54, 1.807) is 0 Å². The van der Waals surface area contributed by atoms with Crippen molar-refractivity contribution in [3.63, 3.8) is 0 Å². The molecule has 65 heavy (non-hydrogen) atoms. The third kappa shape index (κ3) is 47.2. The van der Waals surface area contributed by atoms with Crippen LogP contribution in [0.5, 0.6) is 0 Å². The molecule has 8 nitrogen and oxygen atoms in total. The minimum Gasteiger partial charge on any atom is -0.477 e. The second-order valence-corrected chi connectivity index (χ2v) is 20.9. The van der Waals surface area contributed by atoms with E-state index in [1.807, 2.05) is 21.1 Å². The fourth-order valence-corrected chi connectivity index (χ4v) is 9.10. The fourth-order valence-electron chi connectivity index (χ4n) is 9.10. The van der Waals surface area contributed by atoms with Crippen LogP contribution in [0.1, 0.15) is 296 Å². The van der Waals surface area contributed by atoms with Crippen molar-refractivity contribution in [2.45, 2.75) is 309 Å². The molecule has 0 radical (unpaired) electrons. The van der Waals surface area contributed by atoms with Gasteiger partial charge in [-0.15, -0.1) is 0 Å². The van der Waals surface area contributed by atoms with Crippen molar-refractivity contribution in [1.29, 1.82) is 0 Å². The summed E-state index contributed by atoms with van der Waals surface area (Å²) >= 11 is 0. The third-order valence-corrected chi connectivity index (χ3v) is 13.5. The van der Waals surface area contributed by atoms with Gasteiger partial charge < -0.3 is 23.8 Å². The number of carboxylic acids is 1. The van der Waals surface area contributed by atoms with Gasteiger partial charge in [0.25, 0.3) is 0 Å². The molecule has 0 aliphatic carbocycles. The predicted octanol–water partition coefficient (Wildman–Crippen LogP) is 16.8. The first-order valence-corrected chi connectivity index (χ1v) is 28.6. The van der Waals surface area contributed by atoms with Crippen molar-refractivity contribution in [3.05, 3.63) is 0 Å². The highest BCUT2D eigenvalue weighted by Gasteiger charge is 2.31. The van der Waals surface area contributed by atoms with Crippen LogP contribution in [0.3, 0.4) is 0 Å². The monoisotopic (exact) mass is 923 g/mol. The summed E-state index contributed by atoms with van der Waals surface area (Å²) in [4.78, 5) is 37.3. The van der Waals surface area contributed by atoms with Crippen molar-refractivity contribution >= 4 is 17.9 Å². The molecule has 1 N–H and O–H groups in total. The predicted molar refractivity (Wildman–Crippen MR) is 276 cm³/mol. The van der Waals surface area contributed by atoms with Gasteiger partial charge in [0, 0.05) is 19.3 Å². The first kappa shape index (κ1) is 63.3. The zero-order valence-electron chi connectivity index (χ0n) is 44.2. The summed E-state index contributed by atoms with van der Waals surface area (Å²) < 4.78 is 17.4. The standard InChI is InChI=1S/C57H111NO7/c1-6-8-10-12-14-16-18-20-22-24-26-28-30-31-33-35-37-39-41-43-45-47-55(59)64-52-53(51-63-50-49-54(57(61)62)58(3,4)5)65-56(60)48-46-44-42-40-38-36-34-32-29-27-25-23-21-19-17-15-13-11-9-7-2/h53-54H,6-52H2,1-5H3/p+1. The lowest BCUT2D eigenvalue weighted by molar-refractivity contribution is -0.887. The number of esters is 2. The Bertz CT molecular complexity index is 1030. The van der Waals surface area contributed by atoms with Gasteiger partial charge in [0.05, 0.1) is 34.4 Å². The maximum Gasteiger partial charge on any atom is 0.362 e. The average molecular weight is 924 g/mol. The Morgan fingerprint density at radius 3 is 0.954 bits per heavy atom. The molecule has 0 rings (SSSR count). The maximum absolute atomic E-state index is 12.8. The summed E-state index contributed by atoms with van der Waals surface area (Å²) in [6.07, 6.45) is 54.5. The zero-order valence-corrected chi connectivity index (χ0v) is 44.2. The van der Waals surface area contributed by atoms with Crippen LogP contribution in [0.15, 0.2) is 0 Å². The van der Waals surface area contributed by atoms with Crippen LogP contribution in [0.25, 0.3) is 0 Å². The van der Waals surface area contributed by atoms with Crippen molar-refractivity contribution in [1.82, 2.24) is 0 Å². The van der Waals surface area contributed by atoms with Gasteiger partial charge in [-0.05, 0) is 12.8 Å². The SMILES string of the molecule is CCCCCCCCCCCCCCCCCCCCCCCC(=O)OCC(COCCC(C(=O)O)[N+](C)(C)C)OC(=O)CCCCCCCCCCCCCCCCCCCCCC. The van der Waals surface area contributed by atoms with Crippen LogP contribution in [0.4, 0.5) is 0 Å². The lowest BCUT2D eigenvalue weighted by atomic mass is 10.0. The van der Waals surface area contributed by atoms with Gasteiger partial charge in [0.2, 0.25) is 0 Å². The number of nitrogens with zero attached hydrogens (tertiary/aromatic N) is 1. The number of hydrogen-bond donors (Lipinski definition) is 1. The van der Waals surface area contributed by atoms with Crippen molar-refractivity contribution in [2.24, 2.45) is 0 Å². The van der Waals surface area contributed by atoms with Crippen LogP contribution in [-0.4, -0.2) is 80.6 Å². The molecule has 0 aliphatic heterocycles. The van der Waals surface area contributed by atoms with Crippen LogP contribution in [-0.2, 0) is 28.6 Å². The third-order valence-electron chi connectivity index (χ3n) is 13.5. The van der Waals surface area contributed by atoms with Gasteiger partial charge >= 0.3 is 17.9 Å². The van der Waals surface area contributed by atoms with E-state index >= 15 is 0 Å². The maximum atomic E-state index is 12.8. The summed E-state index contributed by atoms with van der Waals surface area (Å²) in [7, 11) is 5.56. The largest absolute Gasteiger partial charge is 0.477 e. The molecule has 0 aromatic rings. The van der Waals surface area contributed by atoms with E-state index in [1.165, 1.54) is 225 Å². The zero-order chi connectivity index (χ0) is 47.7. The first-order chi connectivity index (χ1) is 31.6. The van der Waals surface area contributed by atoms with E-state index in [2.05, 4.69) is 13.8 Å². The van der Waals surface area contributed by atoms with E-state index in [4.69, 9.17) is 14.2 Å². The van der Waals surface area contributed by atoms with E-state index in [-0.39, 0.29) is 36.2 Å².